The molecule has 1 aliphatic rings. The molecule has 2 rings (SSSR count). The zero-order valence-electron chi connectivity index (χ0n) is 13.5. The molecule has 1 aliphatic heterocycles. The van der Waals surface area contributed by atoms with E-state index in [-0.39, 0.29) is 11.9 Å². The van der Waals surface area contributed by atoms with E-state index in [0.717, 1.165) is 27.8 Å². The highest BCUT2D eigenvalue weighted by molar-refractivity contribution is 7.85. The molecule has 126 valence electrons. The van der Waals surface area contributed by atoms with E-state index in [9.17, 15) is 8.42 Å². The van der Waals surface area contributed by atoms with Crippen molar-refractivity contribution < 1.29 is 26.9 Å². The number of aryl methyl sites for hydroxylation is 2. The summed E-state index contributed by atoms with van der Waals surface area (Å²) in [5.74, 6) is 1.50. The molecule has 8 heteroatoms. The highest BCUT2D eigenvalue weighted by atomic mass is 32.2. The van der Waals surface area contributed by atoms with Crippen molar-refractivity contribution in [3.8, 4) is 11.5 Å². The predicted octanol–water partition coefficient (Wildman–Crippen LogP) is 1.86. The second-order valence-electron chi connectivity index (χ2n) is 6.41. The average molecular weight is 350 g/mol. The molecule has 0 saturated carbocycles. The normalized spacial score (nSPS) is 18.5. The Labute approximate surface area is 136 Å². The molecular formula is C14H24NO5S2+. The molecule has 2 heterocycles. The van der Waals surface area contributed by atoms with Gasteiger partial charge in [0.25, 0.3) is 10.1 Å². The van der Waals surface area contributed by atoms with Gasteiger partial charge in [0.05, 0.1) is 26.4 Å². The number of hydrogen-bond acceptors (Lipinski definition) is 5. The van der Waals surface area contributed by atoms with Crippen LogP contribution in [0, 0.1) is 13.8 Å². The second kappa shape index (κ2) is 6.35. The van der Waals surface area contributed by atoms with Crippen LogP contribution in [0.25, 0.3) is 0 Å². The van der Waals surface area contributed by atoms with Gasteiger partial charge in [-0.3, -0.25) is 4.55 Å². The molecular weight excluding hydrogens is 326 g/mol. The van der Waals surface area contributed by atoms with Gasteiger partial charge in [-0.15, -0.1) is 11.3 Å². The number of ether oxygens (including phenoxy) is 2. The highest BCUT2D eigenvalue weighted by Crippen LogP contribution is 2.43. The van der Waals surface area contributed by atoms with Crippen molar-refractivity contribution in [3.05, 3.63) is 9.75 Å². The third-order valence-electron chi connectivity index (χ3n) is 3.71. The van der Waals surface area contributed by atoms with Crippen LogP contribution in [0.4, 0.5) is 0 Å². The molecule has 6 nitrogen and oxygen atoms in total. The topological polar surface area (TPSA) is 72.8 Å². The van der Waals surface area contributed by atoms with Crippen molar-refractivity contribution in [2.75, 3.05) is 39.5 Å². The minimum absolute atomic E-state index is 0.0547. The molecule has 1 aromatic heterocycles. The maximum Gasteiger partial charge on any atom is 0.265 e. The van der Waals surface area contributed by atoms with E-state index in [4.69, 9.17) is 14.0 Å². The van der Waals surface area contributed by atoms with Crippen LogP contribution in [0.2, 0.25) is 0 Å². The molecule has 22 heavy (non-hydrogen) atoms. The van der Waals surface area contributed by atoms with Crippen molar-refractivity contribution in [3.63, 3.8) is 0 Å². The van der Waals surface area contributed by atoms with Crippen LogP contribution >= 0.6 is 11.3 Å². The van der Waals surface area contributed by atoms with Gasteiger partial charge in [0.1, 0.15) is 13.2 Å². The van der Waals surface area contributed by atoms with Gasteiger partial charge in [0.15, 0.2) is 17.6 Å². The number of rotatable bonds is 6. The number of thiophene rings is 1. The summed E-state index contributed by atoms with van der Waals surface area (Å²) in [6, 6.07) is 0. The van der Waals surface area contributed by atoms with E-state index in [2.05, 4.69) is 0 Å². The summed E-state index contributed by atoms with van der Waals surface area (Å²) in [5, 5.41) is 0. The fourth-order valence-electron chi connectivity index (χ4n) is 2.73. The fraction of sp³-hybridized carbons (Fsp3) is 0.714. The smallest absolute Gasteiger partial charge is 0.265 e. The molecule has 0 bridgehead atoms. The Kier molecular flexibility index (Phi) is 5.06. The second-order valence-corrected chi connectivity index (χ2v) is 9.41. The first-order valence-corrected chi connectivity index (χ1v) is 9.66. The maximum atomic E-state index is 10.8. The predicted molar refractivity (Wildman–Crippen MR) is 86.6 cm³/mol. The van der Waals surface area contributed by atoms with E-state index in [0.29, 0.717) is 24.1 Å². The molecule has 0 amide bonds. The van der Waals surface area contributed by atoms with Gasteiger partial charge in [-0.05, 0) is 13.8 Å². The summed E-state index contributed by atoms with van der Waals surface area (Å²) in [6.07, 6.45) is 0.363. The Bertz CT molecular complexity index is 636. The Morgan fingerprint density at radius 1 is 1.27 bits per heavy atom. The lowest BCUT2D eigenvalue weighted by Gasteiger charge is -2.35. The molecule has 0 saturated heterocycles. The molecule has 1 atom stereocenters. The molecule has 1 N–H and O–H groups in total. The number of likely N-dealkylation sites (N-methyl/N-ethyl adjacent to an activating group) is 1. The van der Waals surface area contributed by atoms with Gasteiger partial charge in [-0.25, -0.2) is 0 Å². The van der Waals surface area contributed by atoms with Crippen molar-refractivity contribution in [2.45, 2.75) is 26.4 Å². The van der Waals surface area contributed by atoms with Gasteiger partial charge in [0, 0.05) is 16.2 Å². The first-order chi connectivity index (χ1) is 10.1. The monoisotopic (exact) mass is 350 g/mol. The van der Waals surface area contributed by atoms with Crippen LogP contribution < -0.4 is 9.47 Å². The number of nitrogens with zero attached hydrogens (tertiary/aromatic N) is 1. The zero-order chi connectivity index (χ0) is 16.5. The lowest BCUT2D eigenvalue weighted by Crippen LogP contribution is -2.50. The maximum absolute atomic E-state index is 10.8. The van der Waals surface area contributed by atoms with Crippen molar-refractivity contribution in [1.82, 2.24) is 0 Å². The van der Waals surface area contributed by atoms with Crippen LogP contribution in [0.15, 0.2) is 0 Å². The molecule has 1 unspecified atom stereocenters. The van der Waals surface area contributed by atoms with Gasteiger partial charge in [0.2, 0.25) is 0 Å². The van der Waals surface area contributed by atoms with Crippen LogP contribution in [0.1, 0.15) is 16.2 Å². The quantitative estimate of drug-likeness (QED) is 0.626. The van der Waals surface area contributed by atoms with Gasteiger partial charge in [-0.1, -0.05) is 0 Å². The minimum atomic E-state index is -3.89. The zero-order valence-corrected chi connectivity index (χ0v) is 15.1. The van der Waals surface area contributed by atoms with Crippen LogP contribution in [0.3, 0.4) is 0 Å². The molecule has 0 aliphatic carbocycles. The van der Waals surface area contributed by atoms with E-state index in [1.165, 1.54) is 0 Å². The Balaban J connectivity index is 1.92. The van der Waals surface area contributed by atoms with Crippen LogP contribution in [-0.4, -0.2) is 63.1 Å². The number of fused-ring (bicyclic) bond motifs is 1. The minimum Gasteiger partial charge on any atom is -0.484 e. The van der Waals surface area contributed by atoms with Crippen LogP contribution in [-0.2, 0) is 10.1 Å². The van der Waals surface area contributed by atoms with Crippen LogP contribution in [0.5, 0.6) is 11.5 Å². The molecule has 0 spiro atoms. The van der Waals surface area contributed by atoms with Crippen molar-refractivity contribution in [2.24, 2.45) is 0 Å². The Hall–Kier alpha value is -0.830. The highest BCUT2D eigenvalue weighted by Gasteiger charge is 2.31. The van der Waals surface area contributed by atoms with E-state index >= 15 is 0 Å². The fourth-order valence-corrected chi connectivity index (χ4v) is 4.16. The first kappa shape index (κ1) is 17.5. The van der Waals surface area contributed by atoms with Gasteiger partial charge >= 0.3 is 0 Å². The van der Waals surface area contributed by atoms with E-state index in [1.54, 1.807) is 11.3 Å². The SMILES string of the molecule is Cc1sc(C)c2c1OCC(C[N+](C)(C)CCCS(=O)(=O)O)O2. The first-order valence-electron chi connectivity index (χ1n) is 7.24. The number of quaternary nitrogens is 1. The van der Waals surface area contributed by atoms with Gasteiger partial charge in [-0.2, -0.15) is 8.42 Å². The Morgan fingerprint density at radius 3 is 2.55 bits per heavy atom. The largest absolute Gasteiger partial charge is 0.484 e. The third-order valence-corrected chi connectivity index (χ3v) is 5.50. The third kappa shape index (κ3) is 4.58. The number of hydrogen-bond donors (Lipinski definition) is 1. The van der Waals surface area contributed by atoms with Gasteiger partial charge < -0.3 is 14.0 Å². The summed E-state index contributed by atoms with van der Waals surface area (Å²) >= 11 is 1.67. The lowest BCUT2D eigenvalue weighted by molar-refractivity contribution is -0.893. The van der Waals surface area contributed by atoms with Crippen molar-refractivity contribution in [1.29, 1.82) is 0 Å². The lowest BCUT2D eigenvalue weighted by atomic mass is 10.2. The summed E-state index contributed by atoms with van der Waals surface area (Å²) in [7, 11) is 0.158. The summed E-state index contributed by atoms with van der Waals surface area (Å²) in [4.78, 5) is 2.25. The van der Waals surface area contributed by atoms with E-state index < -0.39 is 10.1 Å². The average Bonchev–Trinajstić information content (AvgIpc) is 2.62. The molecule has 0 fully saturated rings. The summed E-state index contributed by atoms with van der Waals surface area (Å²) in [6.45, 7) is 5.92. The molecule has 1 aromatic rings. The summed E-state index contributed by atoms with van der Waals surface area (Å²) < 4.78 is 42.9. The molecule has 0 radical (unpaired) electrons. The van der Waals surface area contributed by atoms with Crippen molar-refractivity contribution >= 4 is 21.5 Å². The molecule has 0 aromatic carbocycles. The summed E-state index contributed by atoms with van der Waals surface area (Å²) in [5.41, 5.74) is 0. The Morgan fingerprint density at radius 2 is 1.91 bits per heavy atom. The standard InChI is InChI=1S/C14H23NO5S2/c1-10-13-14(11(2)21-10)20-12(9-19-13)8-15(3,4)6-5-7-22(16,17)18/h12H,5-9H2,1-4H3/p+1. The van der Waals surface area contributed by atoms with E-state index in [1.807, 2.05) is 27.9 Å².